The summed E-state index contributed by atoms with van der Waals surface area (Å²) in [6.07, 6.45) is 1.15. The highest BCUT2D eigenvalue weighted by atomic mass is 19.1. The monoisotopic (exact) mass is 470 g/mol. The van der Waals surface area contributed by atoms with Crippen LogP contribution in [0.25, 0.3) is 5.69 Å². The van der Waals surface area contributed by atoms with Crippen molar-refractivity contribution >= 4 is 12.0 Å². The molecule has 2 heterocycles. The predicted molar refractivity (Wildman–Crippen MR) is 119 cm³/mol. The van der Waals surface area contributed by atoms with Gasteiger partial charge in [-0.25, -0.2) is 18.3 Å². The minimum Gasteiger partial charge on any atom is -0.485 e. The number of piperazine rings is 1. The lowest BCUT2D eigenvalue weighted by molar-refractivity contribution is 0.0562. The number of benzene rings is 2. The molecule has 3 aromatic rings. The molecule has 0 bridgehead atoms. The number of halogens is 2. The highest BCUT2D eigenvalue weighted by Crippen LogP contribution is 2.24. The Morgan fingerprint density at radius 3 is 2.12 bits per heavy atom. The van der Waals surface area contributed by atoms with E-state index < -0.39 is 6.09 Å². The van der Waals surface area contributed by atoms with Crippen molar-refractivity contribution < 1.29 is 27.8 Å². The molecule has 1 aliphatic heterocycles. The largest absolute Gasteiger partial charge is 0.485 e. The molecule has 178 valence electrons. The first-order chi connectivity index (χ1) is 16.4. The third kappa shape index (κ3) is 5.33. The molecule has 1 fully saturated rings. The molecule has 1 aliphatic rings. The SMILES string of the molecule is CCOC(=O)N1CCN(C(=O)c2nn(-c3ccc(F)cc3)cc2OCc2ccc(F)cc2)CC1. The van der Waals surface area contributed by atoms with Crippen molar-refractivity contribution in [3.05, 3.63) is 77.6 Å². The molecule has 0 unspecified atom stereocenters. The zero-order chi connectivity index (χ0) is 24.1. The molecular formula is C24H24F2N4O4. The first-order valence-electron chi connectivity index (χ1n) is 10.9. The molecule has 2 aromatic carbocycles. The van der Waals surface area contributed by atoms with E-state index in [1.54, 1.807) is 47.2 Å². The predicted octanol–water partition coefficient (Wildman–Crippen LogP) is 3.64. The van der Waals surface area contributed by atoms with Gasteiger partial charge in [0.1, 0.15) is 18.2 Å². The van der Waals surface area contributed by atoms with Crippen LogP contribution in [0, 0.1) is 11.6 Å². The summed E-state index contributed by atoms with van der Waals surface area (Å²) in [6, 6.07) is 11.5. The van der Waals surface area contributed by atoms with Gasteiger partial charge in [-0.1, -0.05) is 12.1 Å². The van der Waals surface area contributed by atoms with Crippen LogP contribution >= 0.6 is 0 Å². The maximum Gasteiger partial charge on any atom is 0.409 e. The average Bonchev–Trinajstić information content (AvgIpc) is 3.28. The number of hydrogen-bond donors (Lipinski definition) is 0. The minimum absolute atomic E-state index is 0.0935. The van der Waals surface area contributed by atoms with Gasteiger partial charge in [-0.15, -0.1) is 0 Å². The molecule has 0 saturated carbocycles. The molecule has 0 aliphatic carbocycles. The van der Waals surface area contributed by atoms with E-state index in [4.69, 9.17) is 9.47 Å². The van der Waals surface area contributed by atoms with Gasteiger partial charge in [-0.2, -0.15) is 5.10 Å². The van der Waals surface area contributed by atoms with Crippen LogP contribution in [0.15, 0.2) is 54.7 Å². The molecule has 4 rings (SSSR count). The summed E-state index contributed by atoms with van der Waals surface area (Å²) in [4.78, 5) is 28.4. The molecule has 0 spiro atoms. The van der Waals surface area contributed by atoms with Crippen LogP contribution in [-0.4, -0.2) is 64.4 Å². The fourth-order valence-electron chi connectivity index (χ4n) is 3.54. The summed E-state index contributed by atoms with van der Waals surface area (Å²) in [5.74, 6) is -0.852. The van der Waals surface area contributed by atoms with Crippen LogP contribution in [-0.2, 0) is 11.3 Å². The van der Waals surface area contributed by atoms with Crippen LogP contribution in [0.1, 0.15) is 23.0 Å². The van der Waals surface area contributed by atoms with E-state index in [1.165, 1.54) is 28.9 Å². The van der Waals surface area contributed by atoms with E-state index in [0.29, 0.717) is 31.9 Å². The molecule has 0 radical (unpaired) electrons. The fraction of sp³-hybridized carbons (Fsp3) is 0.292. The maximum absolute atomic E-state index is 13.4. The number of carbonyl (C=O) groups excluding carboxylic acids is 2. The second kappa shape index (κ2) is 10.3. The van der Waals surface area contributed by atoms with Gasteiger partial charge in [0.05, 0.1) is 18.5 Å². The lowest BCUT2D eigenvalue weighted by Gasteiger charge is -2.33. The number of amides is 2. The Morgan fingerprint density at radius 1 is 0.912 bits per heavy atom. The number of aromatic nitrogens is 2. The zero-order valence-corrected chi connectivity index (χ0v) is 18.6. The van der Waals surface area contributed by atoms with E-state index in [0.717, 1.165) is 5.56 Å². The Kier molecular flexibility index (Phi) is 7.05. The topological polar surface area (TPSA) is 76.9 Å². The van der Waals surface area contributed by atoms with Crippen molar-refractivity contribution in [2.75, 3.05) is 32.8 Å². The van der Waals surface area contributed by atoms with Gasteiger partial charge in [-0.05, 0) is 48.9 Å². The van der Waals surface area contributed by atoms with Gasteiger partial charge in [-0.3, -0.25) is 4.79 Å². The van der Waals surface area contributed by atoms with Crippen LogP contribution in [0.5, 0.6) is 5.75 Å². The molecule has 2 amide bonds. The molecular weight excluding hydrogens is 446 g/mol. The van der Waals surface area contributed by atoms with Gasteiger partial charge < -0.3 is 19.3 Å². The van der Waals surface area contributed by atoms with Crippen LogP contribution in [0.3, 0.4) is 0 Å². The van der Waals surface area contributed by atoms with Crippen LogP contribution in [0.4, 0.5) is 13.6 Å². The lowest BCUT2D eigenvalue weighted by Crippen LogP contribution is -2.50. The first kappa shape index (κ1) is 23.2. The van der Waals surface area contributed by atoms with E-state index in [9.17, 15) is 18.4 Å². The summed E-state index contributed by atoms with van der Waals surface area (Å²) in [7, 11) is 0. The number of carbonyl (C=O) groups is 2. The van der Waals surface area contributed by atoms with E-state index >= 15 is 0 Å². The molecule has 1 aromatic heterocycles. The standard InChI is InChI=1S/C24H24F2N4O4/c1-2-33-24(32)29-13-11-28(12-14-29)23(31)22-21(34-16-17-3-5-18(25)6-4-17)15-30(27-22)20-9-7-19(26)8-10-20/h3-10,15H,2,11-14,16H2,1H3. The number of ether oxygens (including phenoxy) is 2. The third-order valence-corrected chi connectivity index (χ3v) is 5.37. The smallest absolute Gasteiger partial charge is 0.409 e. The van der Waals surface area contributed by atoms with Gasteiger partial charge >= 0.3 is 6.09 Å². The lowest BCUT2D eigenvalue weighted by atomic mass is 10.2. The second-order valence-electron chi connectivity index (χ2n) is 7.66. The van der Waals surface area contributed by atoms with Crippen molar-refractivity contribution in [3.8, 4) is 11.4 Å². The molecule has 1 saturated heterocycles. The zero-order valence-electron chi connectivity index (χ0n) is 18.6. The summed E-state index contributed by atoms with van der Waals surface area (Å²) in [5.41, 5.74) is 1.37. The third-order valence-electron chi connectivity index (χ3n) is 5.37. The van der Waals surface area contributed by atoms with Gasteiger partial charge in [0.25, 0.3) is 5.91 Å². The van der Waals surface area contributed by atoms with E-state index in [1.807, 2.05) is 0 Å². The summed E-state index contributed by atoms with van der Waals surface area (Å²) >= 11 is 0. The average molecular weight is 470 g/mol. The fourth-order valence-corrected chi connectivity index (χ4v) is 3.54. The Balaban J connectivity index is 1.54. The number of rotatable bonds is 6. The molecule has 10 heteroatoms. The summed E-state index contributed by atoms with van der Waals surface area (Å²) in [5, 5.41) is 4.41. The van der Waals surface area contributed by atoms with Crippen molar-refractivity contribution in [2.24, 2.45) is 0 Å². The van der Waals surface area contributed by atoms with Gasteiger partial charge in [0.15, 0.2) is 11.4 Å². The van der Waals surface area contributed by atoms with E-state index in [-0.39, 0.29) is 42.2 Å². The minimum atomic E-state index is -0.404. The second-order valence-corrected chi connectivity index (χ2v) is 7.66. The molecule has 0 atom stereocenters. The van der Waals surface area contributed by atoms with Crippen molar-refractivity contribution in [1.82, 2.24) is 19.6 Å². The number of nitrogens with zero attached hydrogens (tertiary/aromatic N) is 4. The van der Waals surface area contributed by atoms with Gasteiger partial charge in [0, 0.05) is 26.2 Å². The van der Waals surface area contributed by atoms with E-state index in [2.05, 4.69) is 5.10 Å². The summed E-state index contributed by atoms with van der Waals surface area (Å²) in [6.45, 7) is 3.45. The molecule has 0 N–H and O–H groups in total. The first-order valence-corrected chi connectivity index (χ1v) is 10.9. The van der Waals surface area contributed by atoms with Crippen molar-refractivity contribution in [2.45, 2.75) is 13.5 Å². The van der Waals surface area contributed by atoms with Crippen molar-refractivity contribution in [1.29, 1.82) is 0 Å². The van der Waals surface area contributed by atoms with Crippen LogP contribution < -0.4 is 4.74 Å². The van der Waals surface area contributed by atoms with Crippen molar-refractivity contribution in [3.63, 3.8) is 0 Å². The Hall–Kier alpha value is -3.95. The highest BCUT2D eigenvalue weighted by Gasteiger charge is 2.29. The molecule has 8 nitrogen and oxygen atoms in total. The Bertz CT molecular complexity index is 1140. The molecule has 34 heavy (non-hydrogen) atoms. The number of hydrogen-bond acceptors (Lipinski definition) is 5. The quantitative estimate of drug-likeness (QED) is 0.550. The highest BCUT2D eigenvalue weighted by molar-refractivity contribution is 5.95. The Labute approximate surface area is 195 Å². The van der Waals surface area contributed by atoms with Crippen LogP contribution in [0.2, 0.25) is 0 Å². The normalized spacial score (nSPS) is 13.6. The summed E-state index contributed by atoms with van der Waals surface area (Å²) < 4.78 is 38.9. The van der Waals surface area contributed by atoms with Gasteiger partial charge in [0.2, 0.25) is 0 Å². The maximum atomic E-state index is 13.4. The Morgan fingerprint density at radius 2 is 1.50 bits per heavy atom.